The van der Waals surface area contributed by atoms with Gasteiger partial charge >= 0.3 is 48.9 Å². The summed E-state index contributed by atoms with van der Waals surface area (Å²) < 4.78 is 0. The Labute approximate surface area is 91.3 Å². The molecule has 0 amide bonds. The van der Waals surface area contributed by atoms with E-state index in [0.717, 1.165) is 0 Å². The van der Waals surface area contributed by atoms with Crippen LogP contribution < -0.4 is 0 Å². The maximum absolute atomic E-state index is 10.5. The Morgan fingerprint density at radius 1 is 1.25 bits per heavy atom. The zero-order valence-corrected chi connectivity index (χ0v) is 5.41. The normalized spacial score (nSPS) is 10.0. The number of ketones is 1. The Morgan fingerprint density at radius 3 is 1.38 bits per heavy atom. The molecule has 8 heavy (non-hydrogen) atoms. The average Bonchev–Trinajstić information content (AvgIpc) is 1.31. The van der Waals surface area contributed by atoms with Crippen LogP contribution in [0.5, 0.6) is 0 Å². The van der Waals surface area contributed by atoms with Crippen LogP contribution in [0.25, 0.3) is 0 Å². The summed E-state index contributed by atoms with van der Waals surface area (Å²) in [7, 11) is 0. The van der Waals surface area contributed by atoms with Crippen LogP contribution >= 0.6 is 0 Å². The molecule has 0 heterocycles. The third-order valence-electron chi connectivity index (χ3n) is 1.06. The first-order chi connectivity index (χ1) is 2.94. The van der Waals surface area contributed by atoms with Crippen LogP contribution in [0.1, 0.15) is 27.7 Å². The number of Topliss-reactive ketones (excluding diaryl/α,β-unsaturated/α-hetero) is 1. The molecule has 46 valence electrons. The molecule has 0 N–H and O–H groups in total. The topological polar surface area (TPSA) is 17.1 Å². The zero-order chi connectivity index (χ0) is 6.08. The van der Waals surface area contributed by atoms with Gasteiger partial charge in [0.25, 0.3) is 0 Å². The van der Waals surface area contributed by atoms with Crippen molar-refractivity contribution in [2.75, 3.05) is 0 Å². The first-order valence-electron chi connectivity index (χ1n) is 2.45. The molecule has 0 radical (unpaired) electrons. The Hall–Kier alpha value is 1.24. The van der Waals surface area contributed by atoms with Crippen LogP contribution in [0.4, 0.5) is 0 Å². The fourth-order valence-corrected chi connectivity index (χ4v) is 0. The average molecular weight is 240 g/mol. The van der Waals surface area contributed by atoms with Gasteiger partial charge in [-0.05, 0) is 6.92 Å². The van der Waals surface area contributed by atoms with E-state index in [1.165, 1.54) is 0 Å². The minimum absolute atomic E-state index is 0. The van der Waals surface area contributed by atoms with Crippen LogP contribution in [0.15, 0.2) is 0 Å². The van der Waals surface area contributed by atoms with Gasteiger partial charge in [0.2, 0.25) is 0 Å². The van der Waals surface area contributed by atoms with Gasteiger partial charge in [-0.2, -0.15) is 0 Å². The monoisotopic (exact) mass is 240 g/mol. The Balaban J connectivity index is 0. The van der Waals surface area contributed by atoms with Crippen molar-refractivity contribution in [3.05, 3.63) is 0 Å². The molecule has 0 aromatic rings. The van der Waals surface area contributed by atoms with Crippen molar-refractivity contribution in [1.82, 2.24) is 0 Å². The van der Waals surface area contributed by atoms with Crippen LogP contribution in [0.2, 0.25) is 0 Å². The van der Waals surface area contributed by atoms with Crippen molar-refractivity contribution in [2.45, 2.75) is 27.7 Å². The molecule has 0 unspecified atom stereocenters. The minimum atomic E-state index is -0.139. The molecular formula is C6H14BaO. The molecule has 0 saturated heterocycles. The quantitative estimate of drug-likeness (QED) is 0.569. The summed E-state index contributed by atoms with van der Waals surface area (Å²) in [6.45, 7) is 7.35. The van der Waals surface area contributed by atoms with Crippen molar-refractivity contribution in [3.63, 3.8) is 0 Å². The van der Waals surface area contributed by atoms with Gasteiger partial charge in [-0.3, -0.25) is 4.79 Å². The van der Waals surface area contributed by atoms with E-state index in [4.69, 9.17) is 0 Å². The van der Waals surface area contributed by atoms with Gasteiger partial charge in [0.1, 0.15) is 5.78 Å². The molecule has 1 nitrogen and oxygen atoms in total. The van der Waals surface area contributed by atoms with E-state index >= 15 is 0 Å². The number of rotatable bonds is 0. The molecule has 0 rings (SSSR count). The van der Waals surface area contributed by atoms with E-state index in [1.807, 2.05) is 20.8 Å². The van der Waals surface area contributed by atoms with E-state index in [9.17, 15) is 4.79 Å². The van der Waals surface area contributed by atoms with Crippen LogP contribution in [-0.4, -0.2) is 54.7 Å². The SMILES string of the molecule is CC(=O)C(C)(C)C.[BaH2]. The summed E-state index contributed by atoms with van der Waals surface area (Å²) in [5.74, 6) is 0.243. The molecule has 0 aromatic heterocycles. The third kappa shape index (κ3) is 5.38. The van der Waals surface area contributed by atoms with Crippen molar-refractivity contribution in [1.29, 1.82) is 0 Å². The van der Waals surface area contributed by atoms with Gasteiger partial charge < -0.3 is 0 Å². The number of carbonyl (C=O) groups is 1. The molecule has 2 heteroatoms. The van der Waals surface area contributed by atoms with Crippen molar-refractivity contribution >= 4 is 54.7 Å². The Kier molecular flexibility index (Phi) is 6.17. The van der Waals surface area contributed by atoms with Gasteiger partial charge in [0, 0.05) is 5.41 Å². The second-order valence-corrected chi connectivity index (χ2v) is 2.81. The van der Waals surface area contributed by atoms with E-state index in [0.29, 0.717) is 0 Å². The Bertz CT molecular complexity index is 81.0. The summed E-state index contributed by atoms with van der Waals surface area (Å²) >= 11 is 0. The van der Waals surface area contributed by atoms with Gasteiger partial charge in [0.05, 0.1) is 0 Å². The van der Waals surface area contributed by atoms with Gasteiger partial charge in [-0.1, -0.05) is 20.8 Å². The molecule has 0 atom stereocenters. The summed E-state index contributed by atoms with van der Waals surface area (Å²) in [5.41, 5.74) is -0.139. The van der Waals surface area contributed by atoms with E-state index in [-0.39, 0.29) is 60.1 Å². The van der Waals surface area contributed by atoms with E-state index in [1.54, 1.807) is 6.92 Å². The standard InChI is InChI=1S/C6H12O.Ba.2H/c1-5(7)6(2,3)4;;;/h1-4H3;;;. The molecule has 0 spiro atoms. The summed E-state index contributed by atoms with van der Waals surface area (Å²) in [5, 5.41) is 0. The molecule has 0 aliphatic heterocycles. The molecule has 0 aliphatic rings. The second kappa shape index (κ2) is 4.12. The molecule has 0 aromatic carbocycles. The van der Waals surface area contributed by atoms with Crippen molar-refractivity contribution in [3.8, 4) is 0 Å². The first-order valence-corrected chi connectivity index (χ1v) is 2.45. The fraction of sp³-hybridized carbons (Fsp3) is 0.833. The number of carbonyl (C=O) groups excluding carboxylic acids is 1. The van der Waals surface area contributed by atoms with E-state index in [2.05, 4.69) is 0 Å². The first kappa shape index (κ1) is 12.0. The van der Waals surface area contributed by atoms with Gasteiger partial charge in [-0.15, -0.1) is 0 Å². The summed E-state index contributed by atoms with van der Waals surface area (Å²) in [4.78, 5) is 10.5. The fourth-order valence-electron chi connectivity index (χ4n) is 0. The molecule has 0 aliphatic carbocycles. The predicted octanol–water partition coefficient (Wildman–Crippen LogP) is 0.705. The number of hydrogen-bond acceptors (Lipinski definition) is 1. The molecule has 0 saturated carbocycles. The molecule has 0 fully saturated rings. The summed E-state index contributed by atoms with van der Waals surface area (Å²) in [6, 6.07) is 0. The summed E-state index contributed by atoms with van der Waals surface area (Å²) in [6.07, 6.45) is 0. The van der Waals surface area contributed by atoms with Crippen molar-refractivity contribution < 1.29 is 4.79 Å². The van der Waals surface area contributed by atoms with Crippen LogP contribution in [0.3, 0.4) is 0 Å². The zero-order valence-electron chi connectivity index (χ0n) is 5.41. The van der Waals surface area contributed by atoms with Gasteiger partial charge in [-0.25, -0.2) is 0 Å². The Morgan fingerprint density at radius 2 is 1.38 bits per heavy atom. The van der Waals surface area contributed by atoms with Crippen LogP contribution in [0, 0.1) is 5.41 Å². The van der Waals surface area contributed by atoms with Gasteiger partial charge in [0.15, 0.2) is 0 Å². The van der Waals surface area contributed by atoms with Crippen molar-refractivity contribution in [2.24, 2.45) is 5.41 Å². The maximum atomic E-state index is 10.5. The third-order valence-corrected chi connectivity index (χ3v) is 1.06. The van der Waals surface area contributed by atoms with Crippen LogP contribution in [-0.2, 0) is 4.79 Å². The second-order valence-electron chi connectivity index (χ2n) is 2.81. The van der Waals surface area contributed by atoms with E-state index < -0.39 is 0 Å². The molecular weight excluding hydrogens is 225 g/mol. The molecule has 0 bridgehead atoms. The number of hydrogen-bond donors (Lipinski definition) is 0. The predicted molar refractivity (Wildman–Crippen MR) is 38.7 cm³/mol.